The first kappa shape index (κ1) is 17.7. The molecule has 4 rings (SSSR count). The van der Waals surface area contributed by atoms with Crippen molar-refractivity contribution in [3.63, 3.8) is 0 Å². The Kier molecular flexibility index (Phi) is 5.45. The van der Waals surface area contributed by atoms with Gasteiger partial charge in [-0.05, 0) is 29.7 Å². The number of ether oxygens (including phenoxy) is 1. The van der Waals surface area contributed by atoms with E-state index in [4.69, 9.17) is 4.74 Å². The van der Waals surface area contributed by atoms with E-state index in [0.717, 1.165) is 29.1 Å². The summed E-state index contributed by atoms with van der Waals surface area (Å²) in [5.74, 6) is 1.64. The third kappa shape index (κ3) is 4.17. The van der Waals surface area contributed by atoms with Crippen molar-refractivity contribution in [3.05, 3.63) is 84.4 Å². The maximum Gasteiger partial charge on any atom is 0.258 e. The predicted octanol–water partition coefficient (Wildman–Crippen LogP) is 5.09. The second-order valence-corrected chi connectivity index (χ2v) is 7.58. The molecule has 3 nitrogen and oxygen atoms in total. The molecular formula is C23H21NO2S. The quantitative estimate of drug-likeness (QED) is 0.675. The summed E-state index contributed by atoms with van der Waals surface area (Å²) in [6, 6.07) is 26.2. The summed E-state index contributed by atoms with van der Waals surface area (Å²) in [4.78, 5) is 13.8. The summed E-state index contributed by atoms with van der Waals surface area (Å²) in [5, 5.41) is 3.13. The van der Waals surface area contributed by atoms with Gasteiger partial charge in [-0.2, -0.15) is 0 Å². The molecule has 0 spiro atoms. The molecule has 3 aromatic rings. The van der Waals surface area contributed by atoms with E-state index < -0.39 is 0 Å². The number of hydrogen-bond donors (Lipinski definition) is 1. The minimum atomic E-state index is -0.0930. The van der Waals surface area contributed by atoms with Crippen LogP contribution < -0.4 is 10.1 Å². The first-order chi connectivity index (χ1) is 13.3. The molecule has 1 aliphatic rings. The van der Waals surface area contributed by atoms with Gasteiger partial charge in [0.15, 0.2) is 6.61 Å². The summed E-state index contributed by atoms with van der Waals surface area (Å²) in [6.07, 6.45) is 0.939. The van der Waals surface area contributed by atoms with Crippen LogP contribution in [0.4, 0.5) is 0 Å². The van der Waals surface area contributed by atoms with E-state index in [9.17, 15) is 4.79 Å². The fraction of sp³-hybridized carbons (Fsp3) is 0.174. The minimum absolute atomic E-state index is 0.00958. The normalized spacial score (nSPS) is 15.6. The van der Waals surface area contributed by atoms with Crippen molar-refractivity contribution < 1.29 is 9.53 Å². The molecular weight excluding hydrogens is 354 g/mol. The molecule has 0 saturated carbocycles. The highest BCUT2D eigenvalue weighted by Gasteiger charge is 2.22. The molecule has 0 aliphatic carbocycles. The van der Waals surface area contributed by atoms with Crippen molar-refractivity contribution in [2.45, 2.75) is 17.4 Å². The monoisotopic (exact) mass is 375 g/mol. The molecule has 0 bridgehead atoms. The maximum atomic E-state index is 12.5. The molecule has 0 radical (unpaired) electrons. The first-order valence-corrected chi connectivity index (χ1v) is 10.1. The third-order valence-corrected chi connectivity index (χ3v) is 5.75. The topological polar surface area (TPSA) is 38.3 Å². The smallest absolute Gasteiger partial charge is 0.258 e. The number of carbonyl (C=O) groups is 1. The van der Waals surface area contributed by atoms with Gasteiger partial charge in [0, 0.05) is 16.2 Å². The van der Waals surface area contributed by atoms with Crippen LogP contribution in [0, 0.1) is 0 Å². The van der Waals surface area contributed by atoms with Crippen molar-refractivity contribution in [1.29, 1.82) is 0 Å². The zero-order valence-corrected chi connectivity index (χ0v) is 15.7. The number of thioether (sulfide) groups is 1. The first-order valence-electron chi connectivity index (χ1n) is 9.09. The van der Waals surface area contributed by atoms with Crippen LogP contribution in [-0.2, 0) is 4.79 Å². The molecule has 0 fully saturated rings. The Labute approximate surface area is 163 Å². The van der Waals surface area contributed by atoms with Gasteiger partial charge in [-0.15, -0.1) is 11.8 Å². The highest BCUT2D eigenvalue weighted by Crippen LogP contribution is 2.35. The maximum absolute atomic E-state index is 12.5. The Bertz CT molecular complexity index is 926. The van der Waals surface area contributed by atoms with E-state index in [2.05, 4.69) is 17.4 Å². The van der Waals surface area contributed by atoms with Gasteiger partial charge < -0.3 is 10.1 Å². The Hall–Kier alpha value is -2.72. The van der Waals surface area contributed by atoms with Gasteiger partial charge in [0.2, 0.25) is 0 Å². The van der Waals surface area contributed by atoms with Crippen LogP contribution in [0.1, 0.15) is 18.0 Å². The second-order valence-electron chi connectivity index (χ2n) is 6.45. The van der Waals surface area contributed by atoms with E-state index in [1.54, 1.807) is 0 Å². The summed E-state index contributed by atoms with van der Waals surface area (Å²) in [6.45, 7) is 0.00958. The van der Waals surface area contributed by atoms with Crippen LogP contribution in [0.3, 0.4) is 0 Å². The van der Waals surface area contributed by atoms with Gasteiger partial charge >= 0.3 is 0 Å². The highest BCUT2D eigenvalue weighted by molar-refractivity contribution is 7.99. The lowest BCUT2D eigenvalue weighted by Gasteiger charge is -2.26. The van der Waals surface area contributed by atoms with Crippen LogP contribution >= 0.6 is 11.8 Å². The average molecular weight is 375 g/mol. The predicted molar refractivity (Wildman–Crippen MR) is 110 cm³/mol. The van der Waals surface area contributed by atoms with Crippen LogP contribution in [0.15, 0.2) is 83.8 Å². The van der Waals surface area contributed by atoms with Gasteiger partial charge in [0.05, 0.1) is 6.04 Å². The Morgan fingerprint density at radius 1 is 0.963 bits per heavy atom. The van der Waals surface area contributed by atoms with Crippen molar-refractivity contribution in [2.75, 3.05) is 12.4 Å². The summed E-state index contributed by atoms with van der Waals surface area (Å²) < 4.78 is 5.87. The number of amides is 1. The number of fused-ring (bicyclic) bond motifs is 1. The van der Waals surface area contributed by atoms with Gasteiger partial charge in [0.25, 0.3) is 5.91 Å². The van der Waals surface area contributed by atoms with Crippen molar-refractivity contribution in [1.82, 2.24) is 5.32 Å². The molecule has 0 saturated heterocycles. The largest absolute Gasteiger partial charge is 0.483 e. The molecule has 0 aromatic heterocycles. The summed E-state index contributed by atoms with van der Waals surface area (Å²) in [7, 11) is 0. The van der Waals surface area contributed by atoms with Crippen molar-refractivity contribution in [3.8, 4) is 16.9 Å². The lowest BCUT2D eigenvalue weighted by Crippen LogP contribution is -2.34. The van der Waals surface area contributed by atoms with Crippen LogP contribution in [0.25, 0.3) is 11.1 Å². The van der Waals surface area contributed by atoms with E-state index in [1.807, 2.05) is 78.5 Å². The fourth-order valence-corrected chi connectivity index (χ4v) is 4.45. The third-order valence-electron chi connectivity index (χ3n) is 4.62. The van der Waals surface area contributed by atoms with Crippen LogP contribution in [-0.4, -0.2) is 18.3 Å². The summed E-state index contributed by atoms with van der Waals surface area (Å²) >= 11 is 1.85. The van der Waals surface area contributed by atoms with Crippen LogP contribution in [0.5, 0.6) is 5.75 Å². The summed E-state index contributed by atoms with van der Waals surface area (Å²) in [5.41, 5.74) is 3.27. The average Bonchev–Trinajstić information content (AvgIpc) is 2.73. The Balaban J connectivity index is 1.43. The molecule has 1 atom stereocenters. The molecule has 1 amide bonds. The lowest BCUT2D eigenvalue weighted by atomic mass is 10.0. The van der Waals surface area contributed by atoms with Crippen molar-refractivity contribution in [2.24, 2.45) is 0 Å². The molecule has 1 heterocycles. The van der Waals surface area contributed by atoms with E-state index in [-0.39, 0.29) is 18.6 Å². The SMILES string of the molecule is O=C(COc1ccccc1-c1ccccc1)N[C@H]1CCSc2ccccc21. The van der Waals surface area contributed by atoms with Crippen molar-refractivity contribution >= 4 is 17.7 Å². The molecule has 1 aliphatic heterocycles. The fourth-order valence-electron chi connectivity index (χ4n) is 3.32. The molecule has 136 valence electrons. The molecule has 4 heteroatoms. The molecule has 1 N–H and O–H groups in total. The number of hydrogen-bond acceptors (Lipinski definition) is 3. The Morgan fingerprint density at radius 3 is 2.59 bits per heavy atom. The van der Waals surface area contributed by atoms with Gasteiger partial charge in [-0.25, -0.2) is 0 Å². The van der Waals surface area contributed by atoms with E-state index >= 15 is 0 Å². The van der Waals surface area contributed by atoms with E-state index in [1.165, 1.54) is 10.5 Å². The standard InChI is InChI=1S/C23H21NO2S/c25-23(24-20-14-15-27-22-13-7-5-11-19(20)22)16-26-21-12-6-4-10-18(21)17-8-2-1-3-9-17/h1-13,20H,14-16H2,(H,24,25)/t20-/m0/s1. The van der Waals surface area contributed by atoms with Gasteiger partial charge in [0.1, 0.15) is 5.75 Å². The van der Waals surface area contributed by atoms with Gasteiger partial charge in [-0.1, -0.05) is 66.7 Å². The van der Waals surface area contributed by atoms with E-state index in [0.29, 0.717) is 0 Å². The van der Waals surface area contributed by atoms with Crippen LogP contribution in [0.2, 0.25) is 0 Å². The zero-order valence-electron chi connectivity index (χ0n) is 14.9. The molecule has 0 unspecified atom stereocenters. The minimum Gasteiger partial charge on any atom is -0.483 e. The molecule has 27 heavy (non-hydrogen) atoms. The number of carbonyl (C=O) groups excluding carboxylic acids is 1. The lowest BCUT2D eigenvalue weighted by molar-refractivity contribution is -0.123. The Morgan fingerprint density at radius 2 is 1.70 bits per heavy atom. The molecule has 3 aromatic carbocycles. The number of nitrogens with one attached hydrogen (secondary N) is 1. The number of benzene rings is 3. The second kappa shape index (κ2) is 8.31. The zero-order chi connectivity index (χ0) is 18.5. The number of para-hydroxylation sites is 1. The van der Waals surface area contributed by atoms with Gasteiger partial charge in [-0.3, -0.25) is 4.79 Å². The number of rotatable bonds is 5. The highest BCUT2D eigenvalue weighted by atomic mass is 32.2.